The zero-order chi connectivity index (χ0) is 20.5. The minimum atomic E-state index is -4.68. The molecule has 0 radical (unpaired) electrons. The van der Waals surface area contributed by atoms with E-state index >= 15 is 0 Å². The Morgan fingerprint density at radius 1 is 1.21 bits per heavy atom. The van der Waals surface area contributed by atoms with E-state index in [1.165, 1.54) is 22.5 Å². The quantitative estimate of drug-likeness (QED) is 0.801. The van der Waals surface area contributed by atoms with Gasteiger partial charge in [-0.1, -0.05) is 12.1 Å². The maximum atomic E-state index is 13.1. The number of halogens is 3. The van der Waals surface area contributed by atoms with Gasteiger partial charge < -0.3 is 10.1 Å². The van der Waals surface area contributed by atoms with Crippen molar-refractivity contribution in [2.75, 3.05) is 31.6 Å². The van der Waals surface area contributed by atoms with Gasteiger partial charge in [0.1, 0.15) is 4.21 Å². The fraction of sp³-hybridized carbons (Fsp3) is 0.353. The molecule has 1 fully saturated rings. The van der Waals surface area contributed by atoms with Crippen LogP contribution in [0.2, 0.25) is 0 Å². The van der Waals surface area contributed by atoms with Crippen LogP contribution in [0.5, 0.6) is 0 Å². The lowest BCUT2D eigenvalue weighted by atomic mass is 10.1. The summed E-state index contributed by atoms with van der Waals surface area (Å²) >= 11 is 0.813. The fourth-order valence-corrected chi connectivity index (χ4v) is 5.93. The molecule has 0 saturated carbocycles. The molecule has 1 aliphatic heterocycles. The number of sulfonamides is 1. The van der Waals surface area contributed by atoms with Gasteiger partial charge in [0.25, 0.3) is 15.9 Å². The van der Waals surface area contributed by atoms with Crippen LogP contribution in [-0.2, 0) is 20.9 Å². The summed E-state index contributed by atoms with van der Waals surface area (Å²) in [4.78, 5) is 12.4. The highest BCUT2D eigenvalue weighted by molar-refractivity contribution is 7.91. The minimum absolute atomic E-state index is 0.0498. The molecule has 11 heteroatoms. The van der Waals surface area contributed by atoms with Gasteiger partial charge in [-0.3, -0.25) is 4.79 Å². The topological polar surface area (TPSA) is 75.7 Å². The van der Waals surface area contributed by atoms with E-state index in [1.54, 1.807) is 6.92 Å². The van der Waals surface area contributed by atoms with Crippen molar-refractivity contribution in [1.82, 2.24) is 4.31 Å². The lowest BCUT2D eigenvalue weighted by molar-refractivity contribution is -0.137. The predicted octanol–water partition coefficient (Wildman–Crippen LogP) is 3.35. The van der Waals surface area contributed by atoms with E-state index < -0.39 is 33.2 Å². The average molecular weight is 434 g/mol. The number of nitrogens with one attached hydrogen (secondary N) is 1. The van der Waals surface area contributed by atoms with Crippen LogP contribution in [0, 0.1) is 6.92 Å². The Morgan fingerprint density at radius 3 is 2.50 bits per heavy atom. The van der Waals surface area contributed by atoms with Crippen molar-refractivity contribution < 1.29 is 31.1 Å². The molecule has 0 unspecified atom stereocenters. The Balaban J connectivity index is 1.86. The third-order valence-corrected chi connectivity index (χ3v) is 7.79. The Morgan fingerprint density at radius 2 is 1.86 bits per heavy atom. The van der Waals surface area contributed by atoms with Crippen molar-refractivity contribution >= 4 is 32.3 Å². The van der Waals surface area contributed by atoms with E-state index in [9.17, 15) is 26.4 Å². The van der Waals surface area contributed by atoms with Crippen molar-refractivity contribution in [1.29, 1.82) is 0 Å². The number of hydrogen-bond donors (Lipinski definition) is 1. The summed E-state index contributed by atoms with van der Waals surface area (Å²) in [7, 11) is -3.76. The number of rotatable bonds is 4. The molecule has 1 aliphatic rings. The molecule has 28 heavy (non-hydrogen) atoms. The molecule has 0 bridgehead atoms. The van der Waals surface area contributed by atoms with Crippen LogP contribution < -0.4 is 5.32 Å². The summed E-state index contributed by atoms with van der Waals surface area (Å²) in [6.07, 6.45) is -4.68. The van der Waals surface area contributed by atoms with E-state index in [2.05, 4.69) is 5.32 Å². The largest absolute Gasteiger partial charge is 0.417 e. The van der Waals surface area contributed by atoms with Crippen LogP contribution in [0.3, 0.4) is 0 Å². The molecule has 152 valence electrons. The van der Waals surface area contributed by atoms with Crippen LogP contribution in [0.25, 0.3) is 0 Å². The maximum absolute atomic E-state index is 13.1. The van der Waals surface area contributed by atoms with Gasteiger partial charge in [0.15, 0.2) is 0 Å². The van der Waals surface area contributed by atoms with Crippen LogP contribution in [-0.4, -0.2) is 44.9 Å². The second-order valence-electron chi connectivity index (χ2n) is 6.10. The van der Waals surface area contributed by atoms with Gasteiger partial charge in [-0.15, -0.1) is 11.3 Å². The third kappa shape index (κ3) is 4.22. The number of nitrogens with zero attached hydrogens (tertiary/aromatic N) is 1. The minimum Gasteiger partial charge on any atom is -0.379 e. The Kier molecular flexibility index (Phi) is 5.80. The van der Waals surface area contributed by atoms with Crippen molar-refractivity contribution in [3.63, 3.8) is 0 Å². The summed E-state index contributed by atoms with van der Waals surface area (Å²) < 4.78 is 71.4. The first-order valence-electron chi connectivity index (χ1n) is 8.26. The molecule has 0 atom stereocenters. The predicted molar refractivity (Wildman–Crippen MR) is 98.0 cm³/mol. The number of anilines is 1. The average Bonchev–Trinajstić information content (AvgIpc) is 3.02. The normalized spacial score (nSPS) is 16.1. The number of ether oxygens (including phenoxy) is 1. The number of alkyl halides is 3. The van der Waals surface area contributed by atoms with Gasteiger partial charge in [0.2, 0.25) is 0 Å². The Bertz CT molecular complexity index is 981. The van der Waals surface area contributed by atoms with Gasteiger partial charge >= 0.3 is 6.18 Å². The molecular weight excluding hydrogens is 417 g/mol. The number of thiophene rings is 1. The van der Waals surface area contributed by atoms with Gasteiger partial charge in [0.05, 0.1) is 29.3 Å². The molecule has 3 rings (SSSR count). The standard InChI is InChI=1S/C17H17F3N2O4S2/c1-11-10-14(27-16(11)28(24,25)22-6-8-26-9-7-22)21-15(23)12-4-2-3-5-13(12)17(18,19)20/h2-5,10H,6-9H2,1H3,(H,21,23). The Hall–Kier alpha value is -1.95. The summed E-state index contributed by atoms with van der Waals surface area (Å²) in [6.45, 7) is 2.60. The molecule has 2 aromatic rings. The van der Waals surface area contributed by atoms with E-state index in [4.69, 9.17) is 4.74 Å². The Labute approximate surface area is 164 Å². The lowest BCUT2D eigenvalue weighted by Crippen LogP contribution is -2.40. The molecule has 6 nitrogen and oxygen atoms in total. The van der Waals surface area contributed by atoms with Crippen molar-refractivity contribution in [3.05, 3.63) is 47.0 Å². The van der Waals surface area contributed by atoms with Crippen molar-refractivity contribution in [2.45, 2.75) is 17.3 Å². The lowest BCUT2D eigenvalue weighted by Gasteiger charge is -2.25. The zero-order valence-electron chi connectivity index (χ0n) is 14.7. The fourth-order valence-electron chi connectivity index (χ4n) is 2.79. The highest BCUT2D eigenvalue weighted by Gasteiger charge is 2.35. The summed E-state index contributed by atoms with van der Waals surface area (Å²) in [5.41, 5.74) is -1.17. The molecule has 0 spiro atoms. The molecule has 0 aliphatic carbocycles. The first-order valence-corrected chi connectivity index (χ1v) is 10.5. The number of aryl methyl sites for hydroxylation is 1. The van der Waals surface area contributed by atoms with Crippen molar-refractivity contribution in [3.8, 4) is 0 Å². The van der Waals surface area contributed by atoms with Crippen LogP contribution >= 0.6 is 11.3 Å². The number of amides is 1. The highest BCUT2D eigenvalue weighted by Crippen LogP contribution is 2.35. The van der Waals surface area contributed by atoms with Gasteiger partial charge in [-0.2, -0.15) is 17.5 Å². The third-order valence-electron chi connectivity index (χ3n) is 4.13. The van der Waals surface area contributed by atoms with Gasteiger partial charge in [0, 0.05) is 13.1 Å². The number of benzene rings is 1. The molecule has 1 saturated heterocycles. The number of carbonyl (C=O) groups excluding carboxylic acids is 1. The van der Waals surface area contributed by atoms with E-state index in [1.807, 2.05) is 0 Å². The second kappa shape index (κ2) is 7.82. The maximum Gasteiger partial charge on any atom is 0.417 e. The van der Waals surface area contributed by atoms with E-state index in [0.717, 1.165) is 23.5 Å². The zero-order valence-corrected chi connectivity index (χ0v) is 16.4. The molecule has 1 aromatic heterocycles. The van der Waals surface area contributed by atoms with E-state index in [-0.39, 0.29) is 22.3 Å². The van der Waals surface area contributed by atoms with Gasteiger partial charge in [-0.25, -0.2) is 8.42 Å². The highest BCUT2D eigenvalue weighted by atomic mass is 32.2. The monoisotopic (exact) mass is 434 g/mol. The number of carbonyl (C=O) groups is 1. The number of hydrogen-bond acceptors (Lipinski definition) is 5. The first-order chi connectivity index (χ1) is 13.1. The van der Waals surface area contributed by atoms with E-state index in [0.29, 0.717) is 18.8 Å². The summed E-state index contributed by atoms with van der Waals surface area (Å²) in [5, 5.41) is 2.54. The summed E-state index contributed by atoms with van der Waals surface area (Å²) in [6, 6.07) is 5.86. The van der Waals surface area contributed by atoms with Crippen LogP contribution in [0.1, 0.15) is 21.5 Å². The van der Waals surface area contributed by atoms with Gasteiger partial charge in [-0.05, 0) is 30.7 Å². The smallest absolute Gasteiger partial charge is 0.379 e. The van der Waals surface area contributed by atoms with Crippen LogP contribution in [0.4, 0.5) is 18.2 Å². The number of morpholine rings is 1. The molecule has 1 N–H and O–H groups in total. The molecule has 2 heterocycles. The first kappa shape index (κ1) is 20.8. The molecule has 1 amide bonds. The second-order valence-corrected chi connectivity index (χ2v) is 9.28. The summed E-state index contributed by atoms with van der Waals surface area (Å²) in [5.74, 6) is -0.954. The molecular formula is C17H17F3N2O4S2. The van der Waals surface area contributed by atoms with Crippen molar-refractivity contribution in [2.24, 2.45) is 0 Å². The molecule has 1 aromatic carbocycles. The van der Waals surface area contributed by atoms with Crippen LogP contribution in [0.15, 0.2) is 34.5 Å². The SMILES string of the molecule is Cc1cc(NC(=O)c2ccccc2C(F)(F)F)sc1S(=O)(=O)N1CCOCC1.